The molecular weight excluding hydrogens is 350 g/mol. The number of aromatic nitrogens is 2. The highest BCUT2D eigenvalue weighted by Crippen LogP contribution is 2.38. The average molecular weight is 374 g/mol. The van der Waals surface area contributed by atoms with Crippen molar-refractivity contribution in [3.63, 3.8) is 0 Å². The second-order valence-electron chi connectivity index (χ2n) is 7.50. The molecule has 2 fully saturated rings. The lowest BCUT2D eigenvalue weighted by Gasteiger charge is -2.32. The number of carbonyl (C=O) groups excluding carboxylic acids is 1. The molecule has 1 aliphatic heterocycles. The Kier molecular flexibility index (Phi) is 5.25. The van der Waals surface area contributed by atoms with Gasteiger partial charge in [0.15, 0.2) is 5.82 Å². The number of piperidine rings is 1. The van der Waals surface area contributed by atoms with Crippen LogP contribution in [0, 0.1) is 5.92 Å². The van der Waals surface area contributed by atoms with Gasteiger partial charge in [0.2, 0.25) is 11.8 Å². The van der Waals surface area contributed by atoms with E-state index < -0.39 is 0 Å². The Bertz CT molecular complexity index is 772. The average Bonchev–Trinajstić information content (AvgIpc) is 3.40. The summed E-state index contributed by atoms with van der Waals surface area (Å²) in [4.78, 5) is 19.1. The SMILES string of the molecule is O=C(CCc1cccc(Cl)c1)N1CCCC(Cc2nc(C3CC3)no2)C1. The molecule has 138 valence electrons. The summed E-state index contributed by atoms with van der Waals surface area (Å²) in [6.07, 6.45) is 6.54. The Hall–Kier alpha value is -1.88. The first kappa shape index (κ1) is 17.5. The van der Waals surface area contributed by atoms with Gasteiger partial charge in [-0.25, -0.2) is 0 Å². The number of halogens is 1. The predicted octanol–water partition coefficient (Wildman–Crippen LogP) is 4.01. The van der Waals surface area contributed by atoms with Crippen LogP contribution in [-0.2, 0) is 17.6 Å². The number of rotatable bonds is 6. The molecule has 0 N–H and O–H groups in total. The van der Waals surface area contributed by atoms with Crippen molar-refractivity contribution in [3.05, 3.63) is 46.6 Å². The van der Waals surface area contributed by atoms with Gasteiger partial charge in [0.25, 0.3) is 0 Å². The Morgan fingerprint density at radius 3 is 3.00 bits per heavy atom. The topological polar surface area (TPSA) is 59.2 Å². The number of aryl methyl sites for hydroxylation is 1. The highest BCUT2D eigenvalue weighted by atomic mass is 35.5. The first-order valence-electron chi connectivity index (χ1n) is 9.52. The van der Waals surface area contributed by atoms with Crippen LogP contribution in [0.3, 0.4) is 0 Å². The molecule has 1 aromatic carbocycles. The highest BCUT2D eigenvalue weighted by molar-refractivity contribution is 6.30. The first-order valence-corrected chi connectivity index (χ1v) is 9.90. The zero-order valence-corrected chi connectivity index (χ0v) is 15.6. The standard InChI is InChI=1S/C20H24ClN3O2/c21-17-5-1-3-14(11-17)6-9-19(25)24-10-2-4-15(13-24)12-18-22-20(23-26-18)16-7-8-16/h1,3,5,11,15-16H,2,4,6-10,12-13H2. The Morgan fingerprint density at radius 2 is 2.19 bits per heavy atom. The molecule has 2 aromatic rings. The summed E-state index contributed by atoms with van der Waals surface area (Å²) >= 11 is 6.01. The van der Waals surface area contributed by atoms with Crippen molar-refractivity contribution >= 4 is 17.5 Å². The third kappa shape index (κ3) is 4.44. The Labute approximate surface area is 158 Å². The fourth-order valence-electron chi connectivity index (χ4n) is 3.67. The normalized spacial score (nSPS) is 20.3. The number of amides is 1. The maximum Gasteiger partial charge on any atom is 0.226 e. The van der Waals surface area contributed by atoms with Crippen LogP contribution in [0.15, 0.2) is 28.8 Å². The van der Waals surface area contributed by atoms with Gasteiger partial charge in [0.05, 0.1) is 0 Å². The van der Waals surface area contributed by atoms with E-state index in [4.69, 9.17) is 16.1 Å². The molecule has 0 radical (unpaired) electrons. The molecular formula is C20H24ClN3O2. The second kappa shape index (κ2) is 7.78. The van der Waals surface area contributed by atoms with E-state index in [0.717, 1.165) is 61.1 Å². The van der Waals surface area contributed by atoms with Gasteiger partial charge < -0.3 is 9.42 Å². The maximum absolute atomic E-state index is 12.6. The van der Waals surface area contributed by atoms with E-state index in [1.54, 1.807) is 0 Å². The monoisotopic (exact) mass is 373 g/mol. The zero-order valence-electron chi connectivity index (χ0n) is 14.9. The van der Waals surface area contributed by atoms with E-state index in [2.05, 4.69) is 10.1 Å². The Balaban J connectivity index is 1.28. The maximum atomic E-state index is 12.6. The van der Waals surface area contributed by atoms with Crippen LogP contribution in [0.25, 0.3) is 0 Å². The summed E-state index contributed by atoms with van der Waals surface area (Å²) in [7, 11) is 0. The van der Waals surface area contributed by atoms with E-state index in [9.17, 15) is 4.79 Å². The molecule has 1 aliphatic carbocycles. The zero-order chi connectivity index (χ0) is 17.9. The summed E-state index contributed by atoms with van der Waals surface area (Å²) in [6.45, 7) is 1.64. The molecule has 4 rings (SSSR count). The van der Waals surface area contributed by atoms with Crippen LogP contribution in [0.1, 0.15) is 55.3 Å². The number of hydrogen-bond acceptors (Lipinski definition) is 4. The van der Waals surface area contributed by atoms with Crippen LogP contribution >= 0.6 is 11.6 Å². The van der Waals surface area contributed by atoms with E-state index in [-0.39, 0.29) is 5.91 Å². The second-order valence-corrected chi connectivity index (χ2v) is 7.94. The fraction of sp³-hybridized carbons (Fsp3) is 0.550. The minimum Gasteiger partial charge on any atom is -0.342 e. The molecule has 26 heavy (non-hydrogen) atoms. The first-order chi connectivity index (χ1) is 12.7. The minimum absolute atomic E-state index is 0.221. The number of benzene rings is 1. The summed E-state index contributed by atoms with van der Waals surface area (Å²) in [5.41, 5.74) is 1.11. The number of carbonyl (C=O) groups is 1. The molecule has 1 aromatic heterocycles. The molecule has 6 heteroatoms. The van der Waals surface area contributed by atoms with Crippen molar-refractivity contribution in [1.29, 1.82) is 0 Å². The lowest BCUT2D eigenvalue weighted by Crippen LogP contribution is -2.40. The van der Waals surface area contributed by atoms with Gasteiger partial charge in [-0.15, -0.1) is 0 Å². The molecule has 5 nitrogen and oxygen atoms in total. The quantitative estimate of drug-likeness (QED) is 0.767. The van der Waals surface area contributed by atoms with E-state index in [0.29, 0.717) is 18.3 Å². The van der Waals surface area contributed by atoms with Gasteiger partial charge in [-0.2, -0.15) is 4.98 Å². The number of hydrogen-bond donors (Lipinski definition) is 0. The lowest BCUT2D eigenvalue weighted by atomic mass is 9.94. The number of nitrogens with zero attached hydrogens (tertiary/aromatic N) is 3. The highest BCUT2D eigenvalue weighted by Gasteiger charge is 2.30. The van der Waals surface area contributed by atoms with Crippen molar-refractivity contribution in [2.45, 2.75) is 50.9 Å². The van der Waals surface area contributed by atoms with Crippen LogP contribution in [0.2, 0.25) is 5.02 Å². The lowest BCUT2D eigenvalue weighted by molar-refractivity contribution is -0.133. The van der Waals surface area contributed by atoms with Gasteiger partial charge in [-0.1, -0.05) is 28.9 Å². The summed E-state index contributed by atoms with van der Waals surface area (Å²) in [5.74, 6) is 2.74. The van der Waals surface area contributed by atoms with Crippen molar-refractivity contribution in [2.24, 2.45) is 5.92 Å². The van der Waals surface area contributed by atoms with Crippen LogP contribution in [-0.4, -0.2) is 34.0 Å². The van der Waals surface area contributed by atoms with Gasteiger partial charge in [-0.3, -0.25) is 4.79 Å². The van der Waals surface area contributed by atoms with E-state index >= 15 is 0 Å². The van der Waals surface area contributed by atoms with Crippen molar-refractivity contribution in [3.8, 4) is 0 Å². The van der Waals surface area contributed by atoms with E-state index in [1.165, 1.54) is 12.8 Å². The molecule has 1 saturated heterocycles. The molecule has 1 saturated carbocycles. The molecule has 1 unspecified atom stereocenters. The molecule has 0 bridgehead atoms. The van der Waals surface area contributed by atoms with Crippen LogP contribution in [0.5, 0.6) is 0 Å². The minimum atomic E-state index is 0.221. The molecule has 0 spiro atoms. The van der Waals surface area contributed by atoms with Crippen LogP contribution < -0.4 is 0 Å². The van der Waals surface area contributed by atoms with E-state index in [1.807, 2.05) is 29.2 Å². The fourth-order valence-corrected chi connectivity index (χ4v) is 3.88. The summed E-state index contributed by atoms with van der Waals surface area (Å²) in [6, 6.07) is 7.74. The van der Waals surface area contributed by atoms with Gasteiger partial charge in [-0.05, 0) is 55.7 Å². The predicted molar refractivity (Wildman–Crippen MR) is 99.1 cm³/mol. The Morgan fingerprint density at radius 1 is 1.31 bits per heavy atom. The number of likely N-dealkylation sites (tertiary alicyclic amines) is 1. The molecule has 1 amide bonds. The van der Waals surface area contributed by atoms with Crippen LogP contribution in [0.4, 0.5) is 0 Å². The summed E-state index contributed by atoms with van der Waals surface area (Å²) < 4.78 is 5.40. The van der Waals surface area contributed by atoms with Crippen molar-refractivity contribution < 1.29 is 9.32 Å². The van der Waals surface area contributed by atoms with Crippen molar-refractivity contribution in [1.82, 2.24) is 15.0 Å². The van der Waals surface area contributed by atoms with Gasteiger partial charge >= 0.3 is 0 Å². The largest absolute Gasteiger partial charge is 0.342 e. The smallest absolute Gasteiger partial charge is 0.226 e. The third-order valence-electron chi connectivity index (χ3n) is 5.28. The summed E-state index contributed by atoms with van der Waals surface area (Å²) in [5, 5.41) is 4.81. The van der Waals surface area contributed by atoms with Gasteiger partial charge in [0, 0.05) is 36.9 Å². The molecule has 1 atom stereocenters. The molecule has 2 heterocycles. The third-order valence-corrected chi connectivity index (χ3v) is 5.51. The molecule has 2 aliphatic rings. The van der Waals surface area contributed by atoms with Gasteiger partial charge in [0.1, 0.15) is 0 Å². The van der Waals surface area contributed by atoms with Crippen molar-refractivity contribution in [2.75, 3.05) is 13.1 Å².